The van der Waals surface area contributed by atoms with Crippen molar-refractivity contribution in [1.29, 1.82) is 0 Å². The summed E-state index contributed by atoms with van der Waals surface area (Å²) in [6, 6.07) is 8.63. The topological polar surface area (TPSA) is 50.8 Å². The van der Waals surface area contributed by atoms with Crippen LogP contribution in [0.2, 0.25) is 0 Å². The van der Waals surface area contributed by atoms with Crippen molar-refractivity contribution < 1.29 is 14.3 Å². The quantitative estimate of drug-likeness (QED) is 0.833. The molecule has 132 valence electrons. The predicted molar refractivity (Wildman–Crippen MR) is 93.4 cm³/mol. The molecule has 3 rings (SSSR count). The number of hydrogen-bond donors (Lipinski definition) is 1. The van der Waals surface area contributed by atoms with Crippen LogP contribution in [0.15, 0.2) is 24.3 Å². The average molecular weight is 332 g/mol. The number of rotatable bonds is 7. The number of carbonyl (C=O) groups excluding carboxylic acids is 1. The highest BCUT2D eigenvalue weighted by molar-refractivity contribution is 5.78. The smallest absolute Gasteiger partial charge is 0.234 e. The highest BCUT2D eigenvalue weighted by Gasteiger charge is 2.34. The SMILES string of the molecule is CC(C)[C@@H](C)N(CC(=O)NC[C@H]1COc2ccccc2O1)C1CC1. The third-order valence-corrected chi connectivity index (χ3v) is 4.92. The maximum absolute atomic E-state index is 12.4. The van der Waals surface area contributed by atoms with E-state index >= 15 is 0 Å². The van der Waals surface area contributed by atoms with Crippen LogP contribution in [0.4, 0.5) is 0 Å². The van der Waals surface area contributed by atoms with Gasteiger partial charge in [-0.2, -0.15) is 0 Å². The van der Waals surface area contributed by atoms with Crippen LogP contribution in [0, 0.1) is 5.92 Å². The molecule has 1 N–H and O–H groups in total. The molecule has 1 saturated carbocycles. The predicted octanol–water partition coefficient (Wildman–Crippen LogP) is 2.45. The van der Waals surface area contributed by atoms with E-state index in [1.54, 1.807) is 0 Å². The molecule has 0 saturated heterocycles. The number of amides is 1. The van der Waals surface area contributed by atoms with Crippen LogP contribution in [-0.2, 0) is 4.79 Å². The first-order valence-electron chi connectivity index (χ1n) is 8.95. The Bertz CT molecular complexity index is 571. The summed E-state index contributed by atoms with van der Waals surface area (Å²) in [4.78, 5) is 14.7. The minimum absolute atomic E-state index is 0.0665. The number of hydrogen-bond acceptors (Lipinski definition) is 4. The number of nitrogens with zero attached hydrogens (tertiary/aromatic N) is 1. The molecule has 0 radical (unpaired) electrons. The fraction of sp³-hybridized carbons (Fsp3) is 0.632. The van der Waals surface area contributed by atoms with Crippen molar-refractivity contribution >= 4 is 5.91 Å². The van der Waals surface area contributed by atoms with Gasteiger partial charge in [-0.1, -0.05) is 26.0 Å². The molecule has 2 atom stereocenters. The number of carbonyl (C=O) groups is 1. The Morgan fingerprint density at radius 3 is 2.62 bits per heavy atom. The summed E-state index contributed by atoms with van der Waals surface area (Å²) in [6.07, 6.45) is 2.28. The molecule has 2 aliphatic rings. The van der Waals surface area contributed by atoms with E-state index in [1.165, 1.54) is 12.8 Å². The standard InChI is InChI=1S/C19H28N2O3/c1-13(2)14(3)21(15-8-9-15)11-19(22)20-10-16-12-23-17-6-4-5-7-18(17)24-16/h4-7,13-16H,8-12H2,1-3H3,(H,20,22)/t14-,16+/m1/s1. The second-order valence-electron chi connectivity index (χ2n) is 7.19. The largest absolute Gasteiger partial charge is 0.486 e. The maximum atomic E-state index is 12.4. The number of nitrogens with one attached hydrogen (secondary N) is 1. The molecule has 0 spiro atoms. The van der Waals surface area contributed by atoms with Gasteiger partial charge in [0, 0.05) is 12.1 Å². The normalized spacial score (nSPS) is 21.0. The number of ether oxygens (including phenoxy) is 2. The number of fused-ring (bicyclic) bond motifs is 1. The van der Waals surface area contributed by atoms with Gasteiger partial charge >= 0.3 is 0 Å². The van der Waals surface area contributed by atoms with Crippen LogP contribution in [0.3, 0.4) is 0 Å². The van der Waals surface area contributed by atoms with Gasteiger partial charge in [0.25, 0.3) is 0 Å². The van der Waals surface area contributed by atoms with E-state index in [9.17, 15) is 4.79 Å². The summed E-state index contributed by atoms with van der Waals surface area (Å²) in [5.41, 5.74) is 0. The minimum Gasteiger partial charge on any atom is -0.486 e. The number of para-hydroxylation sites is 2. The van der Waals surface area contributed by atoms with Crippen LogP contribution in [0.5, 0.6) is 11.5 Å². The highest BCUT2D eigenvalue weighted by Crippen LogP contribution is 2.31. The van der Waals surface area contributed by atoms with Crippen molar-refractivity contribution in [3.8, 4) is 11.5 Å². The van der Waals surface area contributed by atoms with Gasteiger partial charge < -0.3 is 14.8 Å². The summed E-state index contributed by atoms with van der Waals surface area (Å²) in [7, 11) is 0. The fourth-order valence-electron chi connectivity index (χ4n) is 3.01. The van der Waals surface area contributed by atoms with E-state index in [0.717, 1.165) is 11.5 Å². The Kier molecular flexibility index (Phi) is 5.29. The zero-order valence-corrected chi connectivity index (χ0v) is 14.8. The van der Waals surface area contributed by atoms with E-state index < -0.39 is 0 Å². The van der Waals surface area contributed by atoms with Gasteiger partial charge in [0.1, 0.15) is 12.7 Å². The summed E-state index contributed by atoms with van der Waals surface area (Å²) >= 11 is 0. The summed E-state index contributed by atoms with van der Waals surface area (Å²) < 4.78 is 11.6. The van der Waals surface area contributed by atoms with Crippen molar-refractivity contribution in [1.82, 2.24) is 10.2 Å². The summed E-state index contributed by atoms with van der Waals surface area (Å²) in [5, 5.41) is 3.00. The van der Waals surface area contributed by atoms with Gasteiger partial charge in [-0.15, -0.1) is 0 Å². The second kappa shape index (κ2) is 7.43. The molecule has 0 aromatic heterocycles. The summed E-state index contributed by atoms with van der Waals surface area (Å²) in [5.74, 6) is 2.13. The first-order chi connectivity index (χ1) is 11.5. The van der Waals surface area contributed by atoms with Crippen molar-refractivity contribution in [3.05, 3.63) is 24.3 Å². The average Bonchev–Trinajstić information content (AvgIpc) is 3.42. The molecule has 0 unspecified atom stereocenters. The van der Waals surface area contributed by atoms with Crippen LogP contribution >= 0.6 is 0 Å². The van der Waals surface area contributed by atoms with E-state index in [-0.39, 0.29) is 12.0 Å². The van der Waals surface area contributed by atoms with Gasteiger partial charge in [-0.05, 0) is 37.8 Å². The molecule has 5 nitrogen and oxygen atoms in total. The fourth-order valence-corrected chi connectivity index (χ4v) is 3.01. The number of benzene rings is 1. The molecule has 5 heteroatoms. The Balaban J connectivity index is 1.47. The molecule has 1 amide bonds. The van der Waals surface area contributed by atoms with Gasteiger partial charge in [0.05, 0.1) is 13.1 Å². The highest BCUT2D eigenvalue weighted by atomic mass is 16.6. The van der Waals surface area contributed by atoms with E-state index in [4.69, 9.17) is 9.47 Å². The molecule has 1 aliphatic carbocycles. The Hall–Kier alpha value is -1.75. The van der Waals surface area contributed by atoms with E-state index in [2.05, 4.69) is 31.0 Å². The Morgan fingerprint density at radius 1 is 1.25 bits per heavy atom. The van der Waals surface area contributed by atoms with Crippen LogP contribution in [-0.4, -0.2) is 48.7 Å². The maximum Gasteiger partial charge on any atom is 0.234 e. The van der Waals surface area contributed by atoms with E-state index in [0.29, 0.717) is 37.7 Å². The molecular weight excluding hydrogens is 304 g/mol. The second-order valence-corrected chi connectivity index (χ2v) is 7.19. The lowest BCUT2D eigenvalue weighted by Crippen LogP contribution is -2.47. The van der Waals surface area contributed by atoms with Crippen molar-refractivity contribution in [2.45, 2.75) is 51.8 Å². The van der Waals surface area contributed by atoms with Crippen molar-refractivity contribution in [2.24, 2.45) is 5.92 Å². The minimum atomic E-state index is -0.138. The van der Waals surface area contributed by atoms with Crippen molar-refractivity contribution in [2.75, 3.05) is 19.7 Å². The lowest BCUT2D eigenvalue weighted by Gasteiger charge is -2.31. The third-order valence-electron chi connectivity index (χ3n) is 4.92. The molecule has 0 bridgehead atoms. The first kappa shape index (κ1) is 17.1. The van der Waals surface area contributed by atoms with Crippen LogP contribution in [0.1, 0.15) is 33.6 Å². The lowest BCUT2D eigenvalue weighted by molar-refractivity contribution is -0.123. The summed E-state index contributed by atoms with van der Waals surface area (Å²) in [6.45, 7) is 8.04. The molecular formula is C19H28N2O3. The Morgan fingerprint density at radius 2 is 1.96 bits per heavy atom. The monoisotopic (exact) mass is 332 g/mol. The van der Waals surface area contributed by atoms with E-state index in [1.807, 2.05) is 24.3 Å². The van der Waals surface area contributed by atoms with Crippen LogP contribution in [0.25, 0.3) is 0 Å². The molecule has 1 aromatic carbocycles. The van der Waals surface area contributed by atoms with Gasteiger partial charge in [0.2, 0.25) is 5.91 Å². The van der Waals surface area contributed by atoms with Gasteiger partial charge in [-0.3, -0.25) is 9.69 Å². The van der Waals surface area contributed by atoms with Gasteiger partial charge in [-0.25, -0.2) is 0 Å². The first-order valence-corrected chi connectivity index (χ1v) is 8.95. The molecule has 1 heterocycles. The molecule has 1 aliphatic heterocycles. The molecule has 1 aromatic rings. The zero-order chi connectivity index (χ0) is 17.1. The molecule has 24 heavy (non-hydrogen) atoms. The zero-order valence-electron chi connectivity index (χ0n) is 14.8. The third kappa shape index (κ3) is 4.20. The lowest BCUT2D eigenvalue weighted by atomic mass is 10.0. The molecule has 1 fully saturated rings. The Labute approximate surface area is 144 Å². The van der Waals surface area contributed by atoms with Crippen LogP contribution < -0.4 is 14.8 Å². The van der Waals surface area contributed by atoms with Gasteiger partial charge in [0.15, 0.2) is 11.5 Å². The van der Waals surface area contributed by atoms with Crippen molar-refractivity contribution in [3.63, 3.8) is 0 Å².